The molecule has 0 atom stereocenters. The molecule has 2 rings (SSSR count). The van der Waals surface area contributed by atoms with E-state index in [-0.39, 0.29) is 10.0 Å². The summed E-state index contributed by atoms with van der Waals surface area (Å²) in [5.74, 6) is -0.288. The second kappa shape index (κ2) is 7.01. The number of carbonyl (C=O) groups is 1. The molecule has 110 valence electrons. The topological polar surface area (TPSA) is 50.1 Å². The first-order chi connectivity index (χ1) is 10.5. The Kier molecular flexibility index (Phi) is 5.08. The highest BCUT2D eigenvalue weighted by Crippen LogP contribution is 2.21. The molecule has 5 heteroatoms. The Morgan fingerprint density at radius 1 is 1.32 bits per heavy atom. The van der Waals surface area contributed by atoms with E-state index in [9.17, 15) is 14.4 Å². The summed E-state index contributed by atoms with van der Waals surface area (Å²) in [6, 6.07) is 12.7. The SMILES string of the molecule is COc1cccc(C(=O)C(C#N)=Cc2ccc(F)c(Br)c2)c1. The molecule has 0 fully saturated rings. The number of methoxy groups -OCH3 is 1. The van der Waals surface area contributed by atoms with Gasteiger partial charge in [-0.15, -0.1) is 0 Å². The number of Topliss-reactive ketones (excluding diaryl/α,β-unsaturated/α-hetero) is 1. The number of benzene rings is 2. The van der Waals surface area contributed by atoms with Gasteiger partial charge in [-0.25, -0.2) is 4.39 Å². The molecule has 0 saturated heterocycles. The van der Waals surface area contributed by atoms with Crippen LogP contribution in [0.5, 0.6) is 5.75 Å². The molecule has 2 aromatic rings. The van der Waals surface area contributed by atoms with Crippen LogP contribution in [0.25, 0.3) is 6.08 Å². The van der Waals surface area contributed by atoms with Gasteiger partial charge in [0, 0.05) is 5.56 Å². The molecule has 0 saturated carbocycles. The van der Waals surface area contributed by atoms with Gasteiger partial charge < -0.3 is 4.74 Å². The Balaban J connectivity index is 2.38. The number of halogens is 2. The highest BCUT2D eigenvalue weighted by molar-refractivity contribution is 9.10. The predicted molar refractivity (Wildman–Crippen MR) is 85.0 cm³/mol. The van der Waals surface area contributed by atoms with Crippen LogP contribution in [-0.2, 0) is 0 Å². The Labute approximate surface area is 135 Å². The van der Waals surface area contributed by atoms with Crippen LogP contribution in [0.3, 0.4) is 0 Å². The van der Waals surface area contributed by atoms with Crippen molar-refractivity contribution in [3.05, 3.63) is 69.5 Å². The summed E-state index contributed by atoms with van der Waals surface area (Å²) < 4.78 is 18.5. The summed E-state index contributed by atoms with van der Waals surface area (Å²) in [6.07, 6.45) is 1.42. The Morgan fingerprint density at radius 3 is 2.73 bits per heavy atom. The Morgan fingerprint density at radius 2 is 2.09 bits per heavy atom. The number of allylic oxidation sites excluding steroid dienone is 1. The van der Waals surface area contributed by atoms with Crippen molar-refractivity contribution in [2.75, 3.05) is 7.11 Å². The molecule has 0 spiro atoms. The number of nitrogens with zero attached hydrogens (tertiary/aromatic N) is 1. The molecule has 0 aliphatic carbocycles. The minimum absolute atomic E-state index is 0.0354. The van der Waals surface area contributed by atoms with Crippen molar-refractivity contribution in [1.29, 1.82) is 5.26 Å². The maximum atomic E-state index is 13.2. The van der Waals surface area contributed by atoms with Gasteiger partial charge in [0.15, 0.2) is 0 Å². The third-order valence-corrected chi connectivity index (χ3v) is 3.56. The van der Waals surface area contributed by atoms with Crippen molar-refractivity contribution in [2.24, 2.45) is 0 Å². The molecule has 0 amide bonds. The van der Waals surface area contributed by atoms with Crippen molar-refractivity contribution in [2.45, 2.75) is 0 Å². The monoisotopic (exact) mass is 359 g/mol. The van der Waals surface area contributed by atoms with Gasteiger partial charge in [-0.3, -0.25) is 4.79 Å². The van der Waals surface area contributed by atoms with E-state index < -0.39 is 11.6 Å². The number of hydrogen-bond donors (Lipinski definition) is 0. The zero-order valence-electron chi connectivity index (χ0n) is 11.6. The molecular formula is C17H11BrFNO2. The lowest BCUT2D eigenvalue weighted by Crippen LogP contribution is -2.02. The molecule has 22 heavy (non-hydrogen) atoms. The van der Waals surface area contributed by atoms with E-state index in [0.29, 0.717) is 16.9 Å². The third-order valence-electron chi connectivity index (χ3n) is 2.95. The first-order valence-electron chi connectivity index (χ1n) is 6.30. The summed E-state index contributed by atoms with van der Waals surface area (Å²) in [5.41, 5.74) is 0.876. The summed E-state index contributed by atoms with van der Waals surface area (Å²) in [7, 11) is 1.50. The van der Waals surface area contributed by atoms with Crippen LogP contribution in [0.2, 0.25) is 0 Å². The van der Waals surface area contributed by atoms with Crippen molar-refractivity contribution in [1.82, 2.24) is 0 Å². The van der Waals surface area contributed by atoms with E-state index in [1.165, 1.54) is 31.4 Å². The number of ether oxygens (including phenoxy) is 1. The molecule has 0 aliphatic rings. The fraction of sp³-hybridized carbons (Fsp3) is 0.0588. The van der Waals surface area contributed by atoms with Gasteiger partial charge in [0.05, 0.1) is 11.6 Å². The minimum Gasteiger partial charge on any atom is -0.497 e. The standard InChI is InChI=1S/C17H11BrFNO2/c1-22-14-4-2-3-12(9-14)17(21)13(10-20)7-11-5-6-16(19)15(18)8-11/h2-9H,1H3. The smallest absolute Gasteiger partial charge is 0.203 e. The van der Waals surface area contributed by atoms with Gasteiger partial charge in [-0.1, -0.05) is 18.2 Å². The fourth-order valence-corrected chi connectivity index (χ4v) is 2.23. The van der Waals surface area contributed by atoms with E-state index in [0.717, 1.165) is 0 Å². The fourth-order valence-electron chi connectivity index (χ4n) is 1.84. The second-order valence-electron chi connectivity index (χ2n) is 4.40. The zero-order valence-corrected chi connectivity index (χ0v) is 13.2. The molecule has 0 N–H and O–H groups in total. The van der Waals surface area contributed by atoms with Gasteiger partial charge in [0.2, 0.25) is 5.78 Å². The van der Waals surface area contributed by atoms with E-state index in [2.05, 4.69) is 15.9 Å². The van der Waals surface area contributed by atoms with Crippen molar-refractivity contribution in [3.8, 4) is 11.8 Å². The summed E-state index contributed by atoms with van der Waals surface area (Å²) in [5, 5.41) is 9.21. The number of ketones is 1. The molecule has 3 nitrogen and oxygen atoms in total. The number of rotatable bonds is 4. The van der Waals surface area contributed by atoms with Gasteiger partial charge in [0.1, 0.15) is 23.2 Å². The lowest BCUT2D eigenvalue weighted by atomic mass is 10.0. The van der Waals surface area contributed by atoms with Crippen LogP contribution in [0, 0.1) is 17.1 Å². The van der Waals surface area contributed by atoms with E-state index in [1.807, 2.05) is 6.07 Å². The molecule has 0 heterocycles. The lowest BCUT2D eigenvalue weighted by Gasteiger charge is -2.03. The normalized spacial score (nSPS) is 10.9. The first-order valence-corrected chi connectivity index (χ1v) is 7.10. The van der Waals surface area contributed by atoms with Crippen LogP contribution in [0.15, 0.2) is 52.5 Å². The van der Waals surface area contributed by atoms with Crippen LogP contribution in [0.1, 0.15) is 15.9 Å². The third kappa shape index (κ3) is 3.60. The molecule has 0 aromatic heterocycles. The highest BCUT2D eigenvalue weighted by atomic mass is 79.9. The summed E-state index contributed by atoms with van der Waals surface area (Å²) in [4.78, 5) is 12.4. The summed E-state index contributed by atoms with van der Waals surface area (Å²) >= 11 is 3.07. The van der Waals surface area contributed by atoms with Gasteiger partial charge in [0.25, 0.3) is 0 Å². The molecule has 0 aliphatic heterocycles. The predicted octanol–water partition coefficient (Wildman–Crippen LogP) is 4.39. The Bertz CT molecular complexity index is 793. The molecule has 0 bridgehead atoms. The van der Waals surface area contributed by atoms with Crippen molar-refractivity contribution < 1.29 is 13.9 Å². The van der Waals surface area contributed by atoms with Gasteiger partial charge >= 0.3 is 0 Å². The number of nitriles is 1. The maximum Gasteiger partial charge on any atom is 0.203 e. The lowest BCUT2D eigenvalue weighted by molar-refractivity contribution is 0.103. The number of carbonyl (C=O) groups excluding carboxylic acids is 1. The van der Waals surface area contributed by atoms with Crippen molar-refractivity contribution in [3.63, 3.8) is 0 Å². The van der Waals surface area contributed by atoms with Gasteiger partial charge in [-0.05, 0) is 51.8 Å². The molecule has 0 radical (unpaired) electrons. The zero-order chi connectivity index (χ0) is 16.1. The average Bonchev–Trinajstić information content (AvgIpc) is 2.55. The van der Waals surface area contributed by atoms with Crippen molar-refractivity contribution >= 4 is 27.8 Å². The van der Waals surface area contributed by atoms with Crippen LogP contribution in [0.4, 0.5) is 4.39 Å². The second-order valence-corrected chi connectivity index (χ2v) is 5.26. The van der Waals surface area contributed by atoms with Crippen LogP contribution < -0.4 is 4.74 Å². The molecular weight excluding hydrogens is 349 g/mol. The largest absolute Gasteiger partial charge is 0.497 e. The van der Waals surface area contributed by atoms with E-state index in [4.69, 9.17) is 4.74 Å². The Hall–Kier alpha value is -2.45. The highest BCUT2D eigenvalue weighted by Gasteiger charge is 2.13. The molecule has 0 unspecified atom stereocenters. The van der Waals surface area contributed by atoms with Gasteiger partial charge in [-0.2, -0.15) is 5.26 Å². The molecule has 2 aromatic carbocycles. The van der Waals surface area contributed by atoms with Crippen LogP contribution in [-0.4, -0.2) is 12.9 Å². The maximum absolute atomic E-state index is 13.2. The average molecular weight is 360 g/mol. The van der Waals surface area contributed by atoms with E-state index in [1.54, 1.807) is 24.3 Å². The number of hydrogen-bond acceptors (Lipinski definition) is 3. The minimum atomic E-state index is -0.415. The van der Waals surface area contributed by atoms with E-state index >= 15 is 0 Å². The quantitative estimate of drug-likeness (QED) is 0.462. The van der Waals surface area contributed by atoms with Crippen LogP contribution >= 0.6 is 15.9 Å². The summed E-state index contributed by atoms with van der Waals surface area (Å²) in [6.45, 7) is 0. The first kappa shape index (κ1) is 15.9.